The molecule has 3 atom stereocenters. The molecule has 0 amide bonds. The molecule has 1 unspecified atom stereocenters. The van der Waals surface area contributed by atoms with E-state index in [1.165, 1.54) is 0 Å². The molecule has 7 heteroatoms. The molecule has 74 valence electrons. The molecule has 0 bridgehead atoms. The summed E-state index contributed by atoms with van der Waals surface area (Å²) in [6.45, 7) is -0.626. The highest BCUT2D eigenvalue weighted by molar-refractivity contribution is 7.37. The lowest BCUT2D eigenvalue weighted by molar-refractivity contribution is -0.0250. The first-order valence-electron chi connectivity index (χ1n) is 3.86. The fraction of sp³-hybridized carbons (Fsp3) is 1.00. The summed E-state index contributed by atoms with van der Waals surface area (Å²) in [7, 11) is 3.02. The maximum Gasteiger partial charge on any atom is 0.505 e. The van der Waals surface area contributed by atoms with Crippen molar-refractivity contribution in [1.29, 1.82) is 0 Å². The van der Waals surface area contributed by atoms with Crippen LogP contribution < -0.4 is 0 Å². The zero-order chi connectivity index (χ0) is 10.3. The lowest BCUT2D eigenvalue weighted by Crippen LogP contribution is -2.28. The molecule has 2 radical (unpaired) electrons. The third-order valence-corrected chi connectivity index (χ3v) is 2.03. The molecule has 3 N–H and O–H groups in total. The van der Waals surface area contributed by atoms with Gasteiger partial charge in [-0.3, -0.25) is 0 Å². The Morgan fingerprint density at radius 1 is 1.38 bits per heavy atom. The van der Waals surface area contributed by atoms with Gasteiger partial charge in [0, 0.05) is 12.4 Å². The monoisotopic (exact) mass is 207 g/mol. The molecule has 0 spiro atoms. The van der Waals surface area contributed by atoms with Gasteiger partial charge in [-0.15, -0.1) is 0 Å². The second kappa shape index (κ2) is 7.41. The third-order valence-electron chi connectivity index (χ3n) is 1.39. The zero-order valence-corrected chi connectivity index (χ0v) is 8.06. The minimum absolute atomic E-state index is 0.0543. The normalized spacial score (nSPS) is 16.7. The van der Waals surface area contributed by atoms with Crippen LogP contribution in [0.15, 0.2) is 0 Å². The average molecular weight is 207 g/mol. The van der Waals surface area contributed by atoms with Crippen molar-refractivity contribution in [2.45, 2.75) is 18.5 Å². The van der Waals surface area contributed by atoms with E-state index in [0.717, 1.165) is 0 Å². The highest BCUT2D eigenvalue weighted by atomic mass is 31.1. The molecule has 0 aromatic carbocycles. The van der Waals surface area contributed by atoms with Gasteiger partial charge in [0.05, 0.1) is 19.3 Å². The van der Waals surface area contributed by atoms with E-state index in [-0.39, 0.29) is 25.8 Å². The predicted octanol–water partition coefficient (Wildman–Crippen LogP) is -1.02. The van der Waals surface area contributed by atoms with Crippen LogP contribution in [0.2, 0.25) is 0 Å². The predicted molar refractivity (Wildman–Crippen MR) is 47.9 cm³/mol. The number of ether oxygens (including phenoxy) is 1. The SMILES string of the molecule is [B][C@@H](CO)O[C@@H](CO)CC[P+](=O)O. The van der Waals surface area contributed by atoms with Crippen LogP contribution in [0.1, 0.15) is 6.42 Å². The molecular weight excluding hydrogens is 194 g/mol. The van der Waals surface area contributed by atoms with Gasteiger partial charge in [0.1, 0.15) is 7.85 Å². The summed E-state index contributed by atoms with van der Waals surface area (Å²) < 4.78 is 15.2. The molecule has 0 aromatic rings. The Kier molecular flexibility index (Phi) is 7.42. The van der Waals surface area contributed by atoms with Gasteiger partial charge in [-0.05, 0) is 4.57 Å². The number of rotatable bonds is 7. The summed E-state index contributed by atoms with van der Waals surface area (Å²) in [4.78, 5) is 8.48. The van der Waals surface area contributed by atoms with Crippen LogP contribution in [-0.4, -0.2) is 54.4 Å². The highest BCUT2D eigenvalue weighted by Crippen LogP contribution is 2.16. The Balaban J connectivity index is 3.68. The molecule has 0 heterocycles. The summed E-state index contributed by atoms with van der Waals surface area (Å²) in [5, 5.41) is 17.3. The van der Waals surface area contributed by atoms with E-state index in [1.54, 1.807) is 0 Å². The van der Waals surface area contributed by atoms with Crippen molar-refractivity contribution in [3.63, 3.8) is 0 Å². The van der Waals surface area contributed by atoms with E-state index in [4.69, 9.17) is 27.7 Å². The van der Waals surface area contributed by atoms with Crippen molar-refractivity contribution in [3.05, 3.63) is 0 Å². The largest absolute Gasteiger partial charge is 0.505 e. The molecule has 0 aliphatic rings. The Hall–Kier alpha value is 0.00494. The Bertz CT molecular complexity index is 156. The molecular formula is C6H13BO5P+. The van der Waals surface area contributed by atoms with E-state index >= 15 is 0 Å². The maximum absolute atomic E-state index is 10.3. The molecule has 0 aromatic heterocycles. The fourth-order valence-corrected chi connectivity index (χ4v) is 1.26. The van der Waals surface area contributed by atoms with Crippen LogP contribution in [0.5, 0.6) is 0 Å². The van der Waals surface area contributed by atoms with Gasteiger partial charge in [-0.2, -0.15) is 4.89 Å². The number of hydrogen-bond acceptors (Lipinski definition) is 4. The minimum atomic E-state index is -2.21. The second-order valence-electron chi connectivity index (χ2n) is 2.53. The Morgan fingerprint density at radius 3 is 2.38 bits per heavy atom. The van der Waals surface area contributed by atoms with E-state index in [0.29, 0.717) is 0 Å². The van der Waals surface area contributed by atoms with Crippen molar-refractivity contribution < 1.29 is 24.4 Å². The number of aliphatic hydroxyl groups excluding tert-OH is 2. The van der Waals surface area contributed by atoms with Crippen LogP contribution in [0, 0.1) is 0 Å². The topological polar surface area (TPSA) is 87.0 Å². The van der Waals surface area contributed by atoms with E-state index < -0.39 is 20.1 Å². The molecule has 5 nitrogen and oxygen atoms in total. The molecule has 0 rings (SSSR count). The van der Waals surface area contributed by atoms with Crippen molar-refractivity contribution in [2.24, 2.45) is 0 Å². The fourth-order valence-electron chi connectivity index (χ4n) is 0.747. The van der Waals surface area contributed by atoms with Crippen molar-refractivity contribution in [1.82, 2.24) is 0 Å². The molecule has 0 aliphatic heterocycles. The maximum atomic E-state index is 10.3. The van der Waals surface area contributed by atoms with Crippen molar-refractivity contribution in [2.75, 3.05) is 19.4 Å². The molecule has 0 aliphatic carbocycles. The van der Waals surface area contributed by atoms with Crippen LogP contribution in [0.3, 0.4) is 0 Å². The zero-order valence-electron chi connectivity index (χ0n) is 7.17. The molecule has 0 saturated heterocycles. The van der Waals surface area contributed by atoms with E-state index in [9.17, 15) is 4.57 Å². The molecule has 0 saturated carbocycles. The standard InChI is InChI=1S/C6H12BO5P/c7-6(4-9)12-5(3-8)1-2-13(10)11/h5-6,8-9H,1-4H2/p+1/t5-,6-/m1/s1. The first-order valence-corrected chi connectivity index (χ1v) is 5.26. The quantitative estimate of drug-likeness (QED) is 0.367. The molecule has 0 fully saturated rings. The van der Waals surface area contributed by atoms with Crippen LogP contribution in [-0.2, 0) is 9.30 Å². The van der Waals surface area contributed by atoms with E-state index in [2.05, 4.69) is 0 Å². The van der Waals surface area contributed by atoms with Gasteiger partial charge < -0.3 is 14.9 Å². The average Bonchev–Trinajstić information content (AvgIpc) is 2.11. The minimum Gasteiger partial charge on any atom is -0.395 e. The van der Waals surface area contributed by atoms with Crippen LogP contribution in [0.25, 0.3) is 0 Å². The summed E-state index contributed by atoms with van der Waals surface area (Å²) in [5.41, 5.74) is 0. The Morgan fingerprint density at radius 2 is 2.00 bits per heavy atom. The van der Waals surface area contributed by atoms with Crippen molar-refractivity contribution >= 4 is 15.9 Å². The first kappa shape index (κ1) is 13.0. The second-order valence-corrected chi connectivity index (χ2v) is 3.68. The lowest BCUT2D eigenvalue weighted by atomic mass is 10.0. The molecule has 13 heavy (non-hydrogen) atoms. The van der Waals surface area contributed by atoms with Gasteiger partial charge in [0.2, 0.25) is 0 Å². The number of hydrogen-bond donors (Lipinski definition) is 3. The lowest BCUT2D eigenvalue weighted by Gasteiger charge is -2.17. The Labute approximate surface area is 79.0 Å². The summed E-state index contributed by atoms with van der Waals surface area (Å²) in [6.07, 6.45) is -0.289. The summed E-state index contributed by atoms with van der Waals surface area (Å²) in [6, 6.07) is -0.853. The van der Waals surface area contributed by atoms with Crippen molar-refractivity contribution in [3.8, 4) is 0 Å². The third kappa shape index (κ3) is 7.11. The van der Waals surface area contributed by atoms with Gasteiger partial charge >= 0.3 is 8.03 Å². The van der Waals surface area contributed by atoms with Gasteiger partial charge in [-0.25, -0.2) is 0 Å². The van der Waals surface area contributed by atoms with Crippen LogP contribution in [0.4, 0.5) is 0 Å². The van der Waals surface area contributed by atoms with E-state index in [1.807, 2.05) is 0 Å². The van der Waals surface area contributed by atoms with Gasteiger partial charge in [0.25, 0.3) is 0 Å². The first-order chi connectivity index (χ1) is 6.10. The summed E-state index contributed by atoms with van der Waals surface area (Å²) in [5.74, 6) is 0. The number of aliphatic hydroxyl groups is 2. The highest BCUT2D eigenvalue weighted by Gasteiger charge is 2.18. The van der Waals surface area contributed by atoms with Gasteiger partial charge in [-0.1, -0.05) is 0 Å². The van der Waals surface area contributed by atoms with Gasteiger partial charge in [0.15, 0.2) is 6.16 Å². The van der Waals surface area contributed by atoms with Crippen LogP contribution >= 0.6 is 8.03 Å². The summed E-state index contributed by atoms with van der Waals surface area (Å²) >= 11 is 0. The smallest absolute Gasteiger partial charge is 0.395 e.